The Bertz CT molecular complexity index is 1140. The molecule has 3 aromatic rings. The Balaban J connectivity index is 1.32. The number of nitrogens with zero attached hydrogens (tertiary/aromatic N) is 3. The summed E-state index contributed by atoms with van der Waals surface area (Å²) in [6.45, 7) is 4.77. The molecule has 6 nitrogen and oxygen atoms in total. The van der Waals surface area contributed by atoms with Gasteiger partial charge in [0, 0.05) is 38.4 Å². The van der Waals surface area contributed by atoms with Gasteiger partial charge in [0.15, 0.2) is 0 Å². The van der Waals surface area contributed by atoms with Crippen LogP contribution in [0.4, 0.5) is 0 Å². The number of carbonyl (C=O) groups is 1. The maximum atomic E-state index is 14.0. The molecule has 0 radical (unpaired) electrons. The molecule has 0 bridgehead atoms. The minimum atomic E-state index is -0.400. The maximum absolute atomic E-state index is 14.0. The largest absolute Gasteiger partial charge is 0.437 e. The second-order valence-electron chi connectivity index (χ2n) is 9.85. The average molecular weight is 472 g/mol. The Morgan fingerprint density at radius 1 is 1.11 bits per heavy atom. The molecular weight excluding hydrogens is 438 g/mol. The highest BCUT2D eigenvalue weighted by Gasteiger charge is 2.43. The smallest absolute Gasteiger partial charge is 0.238 e. The molecule has 0 saturated carbocycles. The molecule has 1 aromatic heterocycles. The van der Waals surface area contributed by atoms with Crippen molar-refractivity contribution >= 4 is 5.91 Å². The van der Waals surface area contributed by atoms with E-state index in [1.165, 1.54) is 5.56 Å². The Hall–Kier alpha value is -3.25. The van der Waals surface area contributed by atoms with Crippen molar-refractivity contribution in [1.29, 1.82) is 0 Å². The minimum Gasteiger partial charge on any atom is -0.437 e. The molecule has 1 amide bonds. The Morgan fingerprint density at radius 2 is 1.94 bits per heavy atom. The second-order valence-corrected chi connectivity index (χ2v) is 9.85. The van der Waals surface area contributed by atoms with Crippen LogP contribution in [0.1, 0.15) is 48.4 Å². The van der Waals surface area contributed by atoms with Crippen molar-refractivity contribution in [1.82, 2.24) is 14.9 Å². The van der Waals surface area contributed by atoms with E-state index in [4.69, 9.17) is 14.5 Å². The second kappa shape index (κ2) is 10.6. The molecule has 0 spiro atoms. The summed E-state index contributed by atoms with van der Waals surface area (Å²) in [6.07, 6.45) is 7.70. The molecule has 35 heavy (non-hydrogen) atoms. The number of piperidine rings is 1. The van der Waals surface area contributed by atoms with Gasteiger partial charge in [0.05, 0.1) is 17.3 Å². The molecule has 3 heterocycles. The fourth-order valence-corrected chi connectivity index (χ4v) is 5.36. The van der Waals surface area contributed by atoms with Crippen molar-refractivity contribution in [3.63, 3.8) is 0 Å². The van der Waals surface area contributed by atoms with Crippen LogP contribution in [-0.2, 0) is 16.0 Å². The van der Waals surface area contributed by atoms with Gasteiger partial charge in [0.1, 0.15) is 5.75 Å². The van der Waals surface area contributed by atoms with Gasteiger partial charge >= 0.3 is 0 Å². The third kappa shape index (κ3) is 5.54. The lowest BCUT2D eigenvalue weighted by molar-refractivity contribution is -0.149. The highest BCUT2D eigenvalue weighted by Crippen LogP contribution is 2.38. The van der Waals surface area contributed by atoms with Gasteiger partial charge in [-0.2, -0.15) is 0 Å². The topological polar surface area (TPSA) is 64.5 Å². The first kappa shape index (κ1) is 23.5. The lowest BCUT2D eigenvalue weighted by Crippen LogP contribution is -2.51. The monoisotopic (exact) mass is 471 g/mol. The summed E-state index contributed by atoms with van der Waals surface area (Å²) in [4.78, 5) is 25.2. The Kier molecular flexibility index (Phi) is 7.09. The van der Waals surface area contributed by atoms with Crippen LogP contribution < -0.4 is 4.74 Å². The first-order valence-corrected chi connectivity index (χ1v) is 12.6. The van der Waals surface area contributed by atoms with E-state index in [1.807, 2.05) is 55.6 Å². The van der Waals surface area contributed by atoms with Crippen molar-refractivity contribution in [3.8, 4) is 11.6 Å². The van der Waals surface area contributed by atoms with E-state index < -0.39 is 5.41 Å². The van der Waals surface area contributed by atoms with Crippen molar-refractivity contribution in [2.45, 2.75) is 44.9 Å². The summed E-state index contributed by atoms with van der Waals surface area (Å²) in [5, 5.41) is 0. The predicted molar refractivity (Wildman–Crippen MR) is 134 cm³/mol. The quantitative estimate of drug-likeness (QED) is 0.487. The van der Waals surface area contributed by atoms with Gasteiger partial charge in [-0.25, -0.2) is 4.98 Å². The number of ether oxygens (including phenoxy) is 2. The Morgan fingerprint density at radius 3 is 2.74 bits per heavy atom. The third-order valence-corrected chi connectivity index (χ3v) is 7.26. The standard InChI is InChI=1S/C29H33N3O3/c1-22-7-5-11-25(17-22)35-27-20-30-19-26(31-27)24-10-6-14-32(21-24)28(33)29(12-15-34-16-13-29)18-23-8-3-2-4-9-23/h2-5,7-9,11,17,19-20,24H,6,10,12-16,18,21H2,1H3. The molecule has 0 aliphatic carbocycles. The van der Waals surface area contributed by atoms with Gasteiger partial charge in [-0.15, -0.1) is 0 Å². The van der Waals surface area contributed by atoms with Gasteiger partial charge in [0.2, 0.25) is 11.8 Å². The number of aryl methyl sites for hydroxylation is 1. The number of hydrogen-bond donors (Lipinski definition) is 0. The van der Waals surface area contributed by atoms with Crippen LogP contribution in [0.25, 0.3) is 0 Å². The van der Waals surface area contributed by atoms with E-state index in [0.29, 0.717) is 25.6 Å². The van der Waals surface area contributed by atoms with Crippen molar-refractivity contribution in [2.24, 2.45) is 5.41 Å². The zero-order valence-electron chi connectivity index (χ0n) is 20.4. The van der Waals surface area contributed by atoms with E-state index in [-0.39, 0.29) is 11.8 Å². The fraction of sp³-hybridized carbons (Fsp3) is 0.414. The molecule has 1 atom stereocenters. The number of likely N-dealkylation sites (tertiary alicyclic amines) is 1. The summed E-state index contributed by atoms with van der Waals surface area (Å²) >= 11 is 0. The number of rotatable bonds is 6. The molecule has 2 aliphatic heterocycles. The normalized spacial score (nSPS) is 19.8. The van der Waals surface area contributed by atoms with Crippen molar-refractivity contribution < 1.29 is 14.3 Å². The highest BCUT2D eigenvalue weighted by molar-refractivity contribution is 5.83. The maximum Gasteiger partial charge on any atom is 0.238 e. The summed E-state index contributed by atoms with van der Waals surface area (Å²) in [5.41, 5.74) is 2.83. The van der Waals surface area contributed by atoms with E-state index in [0.717, 1.165) is 55.7 Å². The number of amides is 1. The van der Waals surface area contributed by atoms with E-state index in [9.17, 15) is 4.79 Å². The summed E-state index contributed by atoms with van der Waals surface area (Å²) in [6, 6.07) is 18.3. The lowest BCUT2D eigenvalue weighted by Gasteiger charge is -2.42. The molecule has 2 fully saturated rings. The van der Waals surface area contributed by atoms with Gasteiger partial charge in [-0.05, 0) is 62.3 Å². The molecule has 6 heteroatoms. The molecule has 5 rings (SSSR count). The van der Waals surface area contributed by atoms with Gasteiger partial charge < -0.3 is 14.4 Å². The first-order valence-electron chi connectivity index (χ1n) is 12.6. The molecule has 2 aromatic carbocycles. The van der Waals surface area contributed by atoms with Crippen LogP contribution in [0.2, 0.25) is 0 Å². The first-order chi connectivity index (χ1) is 17.1. The van der Waals surface area contributed by atoms with Gasteiger partial charge in [-0.3, -0.25) is 9.78 Å². The van der Waals surface area contributed by atoms with Crippen LogP contribution in [0.3, 0.4) is 0 Å². The molecule has 182 valence electrons. The minimum absolute atomic E-state index is 0.148. The number of carbonyl (C=O) groups excluding carboxylic acids is 1. The third-order valence-electron chi connectivity index (χ3n) is 7.26. The molecular formula is C29H33N3O3. The van der Waals surface area contributed by atoms with E-state index in [2.05, 4.69) is 22.0 Å². The van der Waals surface area contributed by atoms with Crippen LogP contribution in [-0.4, -0.2) is 47.1 Å². The number of benzene rings is 2. The SMILES string of the molecule is Cc1cccc(Oc2cncc(C3CCCN(C(=O)C4(Cc5ccccc5)CCOCC4)C3)n2)c1. The van der Waals surface area contributed by atoms with Gasteiger partial charge in [0.25, 0.3) is 0 Å². The zero-order chi connectivity index (χ0) is 24.1. The van der Waals surface area contributed by atoms with Crippen LogP contribution in [0, 0.1) is 12.3 Å². The summed E-state index contributed by atoms with van der Waals surface area (Å²) < 4.78 is 11.6. The van der Waals surface area contributed by atoms with Crippen molar-refractivity contribution in [2.75, 3.05) is 26.3 Å². The highest BCUT2D eigenvalue weighted by atomic mass is 16.5. The fourth-order valence-electron chi connectivity index (χ4n) is 5.36. The van der Waals surface area contributed by atoms with E-state index >= 15 is 0 Å². The summed E-state index contributed by atoms with van der Waals surface area (Å²) in [7, 11) is 0. The average Bonchev–Trinajstić information content (AvgIpc) is 2.90. The lowest BCUT2D eigenvalue weighted by atomic mass is 9.73. The number of hydrogen-bond acceptors (Lipinski definition) is 5. The van der Waals surface area contributed by atoms with Crippen LogP contribution in [0.5, 0.6) is 11.6 Å². The van der Waals surface area contributed by atoms with Gasteiger partial charge in [-0.1, -0.05) is 42.5 Å². The molecule has 2 aliphatic rings. The molecule has 0 N–H and O–H groups in total. The van der Waals surface area contributed by atoms with E-state index in [1.54, 1.807) is 6.20 Å². The predicted octanol–water partition coefficient (Wildman–Crippen LogP) is 5.32. The Labute approximate surface area is 207 Å². The number of aromatic nitrogens is 2. The van der Waals surface area contributed by atoms with Crippen LogP contribution in [0.15, 0.2) is 67.0 Å². The van der Waals surface area contributed by atoms with Crippen molar-refractivity contribution in [3.05, 3.63) is 83.8 Å². The molecule has 2 saturated heterocycles. The summed E-state index contributed by atoms with van der Waals surface area (Å²) in [5.74, 6) is 1.64. The van der Waals surface area contributed by atoms with Crippen LogP contribution >= 0.6 is 0 Å². The molecule has 1 unspecified atom stereocenters. The zero-order valence-corrected chi connectivity index (χ0v) is 20.4.